The molecular weight excluding hydrogens is 196 g/mol. The maximum atomic E-state index is 10.8. The molecule has 2 aliphatic carbocycles. The van der Waals surface area contributed by atoms with E-state index in [-0.39, 0.29) is 21.6 Å². The van der Waals surface area contributed by atoms with Crippen molar-refractivity contribution in [2.75, 3.05) is 0 Å². The van der Waals surface area contributed by atoms with E-state index in [4.69, 9.17) is 5.73 Å². The number of aromatic amines is 1. The molecule has 3 rings (SSSR count). The Morgan fingerprint density at radius 3 is 2.60 bits per heavy atom. The van der Waals surface area contributed by atoms with Crippen LogP contribution in [-0.2, 0) is 5.41 Å². The normalized spacial score (nSPS) is 24.9. The molecule has 0 atom stereocenters. The second-order valence-corrected chi connectivity index (χ2v) is 4.63. The van der Waals surface area contributed by atoms with Gasteiger partial charge < -0.3 is 5.73 Å². The second-order valence-electron chi connectivity index (χ2n) is 4.63. The monoisotopic (exact) mass is 208 g/mol. The summed E-state index contributed by atoms with van der Waals surface area (Å²) in [5.41, 5.74) is 6.49. The third-order valence-electron chi connectivity index (χ3n) is 3.79. The minimum Gasteiger partial charge on any atom is -0.324 e. The van der Waals surface area contributed by atoms with Gasteiger partial charge in [0.15, 0.2) is 0 Å². The Bertz CT molecular complexity index is 431. The van der Waals surface area contributed by atoms with E-state index in [0.29, 0.717) is 5.69 Å². The van der Waals surface area contributed by atoms with Crippen LogP contribution >= 0.6 is 0 Å². The Hall–Kier alpha value is -1.43. The maximum Gasteiger partial charge on any atom is 0.310 e. The van der Waals surface area contributed by atoms with Gasteiger partial charge >= 0.3 is 5.69 Å². The van der Waals surface area contributed by atoms with Crippen molar-refractivity contribution in [1.82, 2.24) is 10.2 Å². The van der Waals surface area contributed by atoms with Gasteiger partial charge in [-0.3, -0.25) is 15.2 Å². The summed E-state index contributed by atoms with van der Waals surface area (Å²) >= 11 is 0. The van der Waals surface area contributed by atoms with Gasteiger partial charge in [-0.2, -0.15) is 5.10 Å². The van der Waals surface area contributed by atoms with Crippen molar-refractivity contribution in [3.05, 3.63) is 22.0 Å². The van der Waals surface area contributed by atoms with Crippen molar-refractivity contribution in [3.63, 3.8) is 0 Å². The van der Waals surface area contributed by atoms with Gasteiger partial charge in [0.2, 0.25) is 0 Å². The number of aromatic nitrogens is 2. The third-order valence-corrected chi connectivity index (χ3v) is 3.79. The standard InChI is InChI=1S/C9H12N4O2/c10-9(3-4-9)8(1-2-8)7-6(13(14)15)5-11-12-7/h5H,1-4,10H2,(H,11,12). The molecule has 0 bridgehead atoms. The number of nitro groups is 1. The molecule has 1 heterocycles. The van der Waals surface area contributed by atoms with Crippen LogP contribution in [-0.4, -0.2) is 20.7 Å². The quantitative estimate of drug-likeness (QED) is 0.568. The number of nitrogens with zero attached hydrogens (tertiary/aromatic N) is 2. The lowest BCUT2D eigenvalue weighted by Gasteiger charge is -2.20. The summed E-state index contributed by atoms with van der Waals surface area (Å²) in [6.45, 7) is 0. The summed E-state index contributed by atoms with van der Waals surface area (Å²) in [5.74, 6) is 0. The predicted molar refractivity (Wildman–Crippen MR) is 52.3 cm³/mol. The van der Waals surface area contributed by atoms with Gasteiger partial charge in [-0.05, 0) is 25.7 Å². The lowest BCUT2D eigenvalue weighted by Crippen LogP contribution is -2.37. The molecule has 1 aromatic rings. The highest BCUT2D eigenvalue weighted by Gasteiger charge is 2.66. The van der Waals surface area contributed by atoms with Gasteiger partial charge in [0.1, 0.15) is 11.9 Å². The Labute approximate surface area is 86.0 Å². The first-order valence-electron chi connectivity index (χ1n) is 5.06. The van der Waals surface area contributed by atoms with Gasteiger partial charge in [-0.15, -0.1) is 0 Å². The summed E-state index contributed by atoms with van der Waals surface area (Å²) in [4.78, 5) is 10.4. The van der Waals surface area contributed by atoms with Crippen LogP contribution in [0.15, 0.2) is 6.20 Å². The van der Waals surface area contributed by atoms with E-state index in [2.05, 4.69) is 10.2 Å². The van der Waals surface area contributed by atoms with Gasteiger partial charge in [0, 0.05) is 11.0 Å². The number of hydrogen-bond acceptors (Lipinski definition) is 4. The van der Waals surface area contributed by atoms with Crippen molar-refractivity contribution in [2.45, 2.75) is 36.6 Å². The van der Waals surface area contributed by atoms with Gasteiger partial charge in [-0.1, -0.05) is 0 Å². The largest absolute Gasteiger partial charge is 0.324 e. The molecule has 0 saturated heterocycles. The first-order valence-corrected chi connectivity index (χ1v) is 5.06. The van der Waals surface area contributed by atoms with Crippen molar-refractivity contribution in [1.29, 1.82) is 0 Å². The molecule has 3 N–H and O–H groups in total. The minimum absolute atomic E-state index is 0.0872. The molecule has 0 amide bonds. The number of nitrogens with two attached hydrogens (primary N) is 1. The highest BCUT2D eigenvalue weighted by molar-refractivity contribution is 5.47. The fourth-order valence-electron chi connectivity index (χ4n) is 2.51. The zero-order valence-corrected chi connectivity index (χ0v) is 8.19. The molecule has 80 valence electrons. The van der Waals surface area contributed by atoms with Gasteiger partial charge in [0.25, 0.3) is 0 Å². The van der Waals surface area contributed by atoms with Crippen molar-refractivity contribution < 1.29 is 4.92 Å². The molecule has 0 spiro atoms. The molecule has 15 heavy (non-hydrogen) atoms. The van der Waals surface area contributed by atoms with Crippen LogP contribution in [0.2, 0.25) is 0 Å². The van der Waals surface area contributed by atoms with Gasteiger partial charge in [-0.25, -0.2) is 0 Å². The average Bonchev–Trinajstić information content (AvgIpc) is 3.08. The van der Waals surface area contributed by atoms with E-state index < -0.39 is 0 Å². The summed E-state index contributed by atoms with van der Waals surface area (Å²) in [5, 5.41) is 17.3. The Morgan fingerprint density at radius 2 is 2.13 bits per heavy atom. The fraction of sp³-hybridized carbons (Fsp3) is 0.667. The SMILES string of the molecule is NC1(C2(c3[nH]ncc3[N+](=O)[O-])CC2)CC1. The van der Waals surface area contributed by atoms with Crippen LogP contribution in [0.4, 0.5) is 5.69 Å². The van der Waals surface area contributed by atoms with Crippen molar-refractivity contribution in [3.8, 4) is 0 Å². The molecule has 0 aliphatic heterocycles. The second kappa shape index (κ2) is 2.38. The Kier molecular flexibility index (Phi) is 1.41. The smallest absolute Gasteiger partial charge is 0.310 e. The summed E-state index contributed by atoms with van der Waals surface area (Å²) in [6, 6.07) is 0. The molecule has 6 heteroatoms. The first kappa shape index (κ1) is 8.84. The van der Waals surface area contributed by atoms with Crippen LogP contribution in [0.25, 0.3) is 0 Å². The lowest BCUT2D eigenvalue weighted by molar-refractivity contribution is -0.385. The highest BCUT2D eigenvalue weighted by atomic mass is 16.6. The number of H-pyrrole nitrogens is 1. The van der Waals surface area contributed by atoms with Gasteiger partial charge in [0.05, 0.1) is 4.92 Å². The maximum absolute atomic E-state index is 10.8. The summed E-state index contributed by atoms with van der Waals surface area (Å²) in [7, 11) is 0. The molecule has 0 aromatic carbocycles. The number of rotatable bonds is 3. The minimum atomic E-state index is -0.384. The van der Waals surface area contributed by atoms with Crippen LogP contribution in [0, 0.1) is 10.1 Å². The molecule has 2 fully saturated rings. The van der Waals surface area contributed by atoms with Crippen LogP contribution in [0.5, 0.6) is 0 Å². The molecule has 2 saturated carbocycles. The molecular formula is C9H12N4O2. The van der Waals surface area contributed by atoms with E-state index in [0.717, 1.165) is 25.7 Å². The Morgan fingerprint density at radius 1 is 1.47 bits per heavy atom. The molecule has 1 aromatic heterocycles. The number of hydrogen-bond donors (Lipinski definition) is 2. The topological polar surface area (TPSA) is 97.8 Å². The highest BCUT2D eigenvalue weighted by Crippen LogP contribution is 2.64. The van der Waals surface area contributed by atoms with E-state index in [9.17, 15) is 10.1 Å². The van der Waals surface area contributed by atoms with E-state index >= 15 is 0 Å². The summed E-state index contributed by atoms with van der Waals surface area (Å²) in [6.07, 6.45) is 5.08. The zero-order chi connectivity index (χ0) is 10.7. The predicted octanol–water partition coefficient (Wildman–Crippen LogP) is 0.841. The third kappa shape index (κ3) is 0.995. The van der Waals surface area contributed by atoms with Crippen molar-refractivity contribution >= 4 is 5.69 Å². The molecule has 2 aliphatic rings. The zero-order valence-electron chi connectivity index (χ0n) is 8.19. The van der Waals surface area contributed by atoms with E-state index in [1.807, 2.05) is 0 Å². The lowest BCUT2D eigenvalue weighted by atomic mass is 9.90. The Balaban J connectivity index is 2.06. The first-order chi connectivity index (χ1) is 7.09. The fourth-order valence-corrected chi connectivity index (χ4v) is 2.51. The van der Waals surface area contributed by atoms with E-state index in [1.165, 1.54) is 6.20 Å². The van der Waals surface area contributed by atoms with Crippen LogP contribution in [0.3, 0.4) is 0 Å². The summed E-state index contributed by atoms with van der Waals surface area (Å²) < 4.78 is 0. The number of nitrogens with one attached hydrogen (secondary N) is 1. The van der Waals surface area contributed by atoms with Crippen molar-refractivity contribution in [2.24, 2.45) is 5.73 Å². The van der Waals surface area contributed by atoms with E-state index in [1.54, 1.807) is 0 Å². The average molecular weight is 208 g/mol. The molecule has 0 unspecified atom stereocenters. The van der Waals surface area contributed by atoms with Crippen LogP contribution < -0.4 is 5.73 Å². The molecule has 6 nitrogen and oxygen atoms in total. The van der Waals surface area contributed by atoms with Crippen LogP contribution in [0.1, 0.15) is 31.4 Å². The molecule has 0 radical (unpaired) electrons.